The highest BCUT2D eigenvalue weighted by molar-refractivity contribution is 9.10. The third kappa shape index (κ3) is 21.9. The number of amides is 1. The van der Waals surface area contributed by atoms with Gasteiger partial charge in [0.25, 0.3) is 17.5 Å². The zero-order chi connectivity index (χ0) is 66.8. The van der Waals surface area contributed by atoms with E-state index in [2.05, 4.69) is 85.9 Å². The van der Waals surface area contributed by atoms with Crippen molar-refractivity contribution in [3.63, 3.8) is 0 Å². The number of esters is 1. The smallest absolute Gasteiger partial charge is 0.379 e. The minimum absolute atomic E-state index is 0.0190. The highest BCUT2D eigenvalue weighted by atomic mass is 79.9. The van der Waals surface area contributed by atoms with E-state index in [4.69, 9.17) is 25.1 Å². The number of carbonyl (C=O) groups excluding carboxylic acids is 5. The molecule has 0 radical (unpaired) electrons. The minimum atomic E-state index is -1.41. The number of benzene rings is 6. The van der Waals surface area contributed by atoms with E-state index in [0.29, 0.717) is 12.1 Å². The molecule has 6 aromatic rings. The van der Waals surface area contributed by atoms with E-state index in [1.54, 1.807) is 43.3 Å². The van der Waals surface area contributed by atoms with Gasteiger partial charge < -0.3 is 60.0 Å². The van der Waals surface area contributed by atoms with Crippen molar-refractivity contribution in [3.05, 3.63) is 170 Å². The van der Waals surface area contributed by atoms with Gasteiger partial charge in [-0.15, -0.1) is 0 Å². The van der Waals surface area contributed by atoms with E-state index in [0.717, 1.165) is 110 Å². The summed E-state index contributed by atoms with van der Waals surface area (Å²) in [5.41, 5.74) is 11.9. The van der Waals surface area contributed by atoms with Crippen molar-refractivity contribution in [2.45, 2.75) is 109 Å². The van der Waals surface area contributed by atoms with Crippen LogP contribution in [0.1, 0.15) is 140 Å². The number of hydrogen-bond donors (Lipinski definition) is 4. The number of rotatable bonds is 16. The van der Waals surface area contributed by atoms with Gasteiger partial charge in [-0.05, 0) is 249 Å². The maximum Gasteiger partial charge on any atom is 0.379 e. The summed E-state index contributed by atoms with van der Waals surface area (Å²) >= 11 is 6.74. The average Bonchev–Trinajstić information content (AvgIpc) is 0.951. The van der Waals surface area contributed by atoms with E-state index in [-0.39, 0.29) is 48.0 Å². The van der Waals surface area contributed by atoms with Gasteiger partial charge in [0.1, 0.15) is 19.3 Å². The number of carboxylic acid groups (broad SMARTS) is 1. The van der Waals surface area contributed by atoms with Crippen molar-refractivity contribution in [2.24, 2.45) is 0 Å². The normalized spacial score (nSPS) is 16.7. The number of nitrogens with two attached hydrogens (primary N) is 1. The Hall–Kier alpha value is -7.85. The van der Waals surface area contributed by atoms with Gasteiger partial charge in [0, 0.05) is 113 Å². The predicted octanol–water partition coefficient (Wildman–Crippen LogP) is 12.9. The van der Waals surface area contributed by atoms with Crippen LogP contribution < -0.4 is 40.1 Å². The molecule has 2 atom stereocenters. The molecule has 0 saturated carbocycles. The van der Waals surface area contributed by atoms with E-state index >= 15 is 0 Å². The molecule has 6 aromatic carbocycles. The Kier molecular flexibility index (Phi) is 28.6. The summed E-state index contributed by atoms with van der Waals surface area (Å²) in [6.07, 6.45) is 15.8. The summed E-state index contributed by atoms with van der Waals surface area (Å²) in [6, 6.07) is 39.2. The Morgan fingerprint density at radius 3 is 1.30 bits per heavy atom. The molecular formula is C73H88Br2FN7O11. The first kappa shape index (κ1) is 72.0. The Balaban J connectivity index is 0.000000167. The molecule has 0 aliphatic carbocycles. The fourth-order valence-electron chi connectivity index (χ4n) is 12.0. The summed E-state index contributed by atoms with van der Waals surface area (Å²) in [4.78, 5) is 82.3. The monoisotopic (exact) mass is 1420 g/mol. The number of nitrogens with zero attached hydrogens (tertiary/aromatic N) is 5. The van der Waals surface area contributed by atoms with Gasteiger partial charge in [0.05, 0.1) is 12.6 Å². The van der Waals surface area contributed by atoms with E-state index < -0.39 is 53.2 Å². The summed E-state index contributed by atoms with van der Waals surface area (Å²) in [5, 5.41) is 22.6. The second-order valence-electron chi connectivity index (χ2n) is 23.9. The van der Waals surface area contributed by atoms with Gasteiger partial charge in [0.2, 0.25) is 5.78 Å². The molecule has 5 fully saturated rings. The van der Waals surface area contributed by atoms with Crippen LogP contribution in [-0.4, -0.2) is 148 Å². The molecule has 21 heteroatoms. The van der Waals surface area contributed by atoms with Crippen molar-refractivity contribution < 1.29 is 57.6 Å². The van der Waals surface area contributed by atoms with Crippen LogP contribution in [0.15, 0.2) is 142 Å². The fourth-order valence-corrected chi connectivity index (χ4v) is 12.5. The highest BCUT2D eigenvalue weighted by Crippen LogP contribution is 2.37. The van der Waals surface area contributed by atoms with Crippen molar-refractivity contribution in [1.82, 2.24) is 10.2 Å². The lowest BCUT2D eigenvalue weighted by Gasteiger charge is -2.29. The SMILES string of the molecule is Brc1ccc(N2CCCCC2)cc1.CCOC(=O)C(=O)c1ccc(N2CCCCC2)cc1.Nc1ccc(Br)cc1.O=C(N[C@H](CN1CCCC1)[C@H](O)c1cc(F)c2c(c1)OCCO2)C(=O)c1ccc(N2CCCCC2)cc1.O=C(O)C(=O)c1ccc(N2CCCCC2)cc1. The van der Waals surface area contributed by atoms with Crippen LogP contribution in [0.25, 0.3) is 0 Å². The second kappa shape index (κ2) is 37.3. The Morgan fingerprint density at radius 2 is 0.894 bits per heavy atom. The summed E-state index contributed by atoms with van der Waals surface area (Å²) in [5.74, 6) is -5.49. The summed E-state index contributed by atoms with van der Waals surface area (Å²) < 4.78 is 32.4. The third-order valence-electron chi connectivity index (χ3n) is 17.1. The molecule has 1 amide bonds. The largest absolute Gasteiger partial charge is 0.486 e. The fraction of sp³-hybridized carbons (Fsp3) is 0.425. The number of halogens is 3. The summed E-state index contributed by atoms with van der Waals surface area (Å²) in [7, 11) is 0. The third-order valence-corrected chi connectivity index (χ3v) is 18.2. The Morgan fingerprint density at radius 1 is 0.521 bits per heavy atom. The zero-order valence-electron chi connectivity index (χ0n) is 53.7. The van der Waals surface area contributed by atoms with Crippen molar-refractivity contribution in [1.29, 1.82) is 0 Å². The van der Waals surface area contributed by atoms with Crippen LogP contribution >= 0.6 is 31.9 Å². The van der Waals surface area contributed by atoms with Gasteiger partial charge in [0.15, 0.2) is 17.3 Å². The maximum absolute atomic E-state index is 14.7. The van der Waals surface area contributed by atoms with E-state index in [1.807, 2.05) is 60.7 Å². The standard InChI is InChI=1S/C28H34FN3O5.C15H19NO3.C13H15NO3.C11H14BrN.C6H6BrN/c29-22-16-20(17-24-27(22)37-15-14-36-24)25(33)23(18-31-10-4-5-11-31)30-28(35)26(34)19-6-8-21(9-7-19)32-12-2-1-3-13-32;1-2-19-15(18)14(17)12-6-8-13(9-7-12)16-10-4-3-5-11-16;15-12(13(16)17)10-4-6-11(7-5-10)14-8-2-1-3-9-14;12-10-4-6-11(7-5-10)13-8-2-1-3-9-13;7-5-1-3-6(8)4-2-5/h6-9,16-17,23,25,33H,1-5,10-15,18H2,(H,30,35);6-9H,2-5,10-11H2,1H3;4-7H,1-3,8-9H2,(H,16,17);4-7H,1-3,8-9H2;1-4H,8H2/t23-,25-;;;;/m1..../s1. The number of nitrogens with one attached hydrogen (secondary N) is 1. The Bertz CT molecular complexity index is 3370. The molecule has 94 heavy (non-hydrogen) atoms. The number of anilines is 5. The van der Waals surface area contributed by atoms with Gasteiger partial charge in [-0.3, -0.25) is 19.2 Å². The predicted molar refractivity (Wildman–Crippen MR) is 373 cm³/mol. The first-order chi connectivity index (χ1) is 45.5. The maximum atomic E-state index is 14.7. The molecule has 0 spiro atoms. The zero-order valence-corrected chi connectivity index (χ0v) is 56.8. The molecular weight excluding hydrogens is 1330 g/mol. The van der Waals surface area contributed by atoms with E-state index in [1.165, 1.54) is 95.1 Å². The minimum Gasteiger partial charge on any atom is -0.486 e. The average molecular weight is 1420 g/mol. The molecule has 0 aromatic heterocycles. The topological polar surface area (TPSA) is 225 Å². The lowest BCUT2D eigenvalue weighted by atomic mass is 9.99. The van der Waals surface area contributed by atoms with Crippen LogP contribution in [0.2, 0.25) is 0 Å². The van der Waals surface area contributed by atoms with Gasteiger partial charge in [-0.2, -0.15) is 0 Å². The number of ketones is 3. The van der Waals surface area contributed by atoms with Crippen LogP contribution in [0.4, 0.5) is 32.8 Å². The van der Waals surface area contributed by atoms with Crippen LogP contribution in [0.5, 0.6) is 11.5 Å². The van der Waals surface area contributed by atoms with Crippen LogP contribution in [0.3, 0.4) is 0 Å². The van der Waals surface area contributed by atoms with E-state index in [9.17, 15) is 38.3 Å². The Labute approximate surface area is 568 Å². The molecule has 12 rings (SSSR count). The number of aliphatic hydroxyl groups is 1. The molecule has 5 saturated heterocycles. The molecule has 6 heterocycles. The lowest BCUT2D eigenvalue weighted by Crippen LogP contribution is -2.48. The number of aliphatic hydroxyl groups excluding tert-OH is 1. The quantitative estimate of drug-likeness (QED) is 0.0306. The molecule has 6 aliphatic heterocycles. The number of carboxylic acids is 1. The van der Waals surface area contributed by atoms with Gasteiger partial charge in [-0.25, -0.2) is 14.0 Å². The van der Waals surface area contributed by atoms with Gasteiger partial charge >= 0.3 is 11.9 Å². The molecule has 18 nitrogen and oxygen atoms in total. The van der Waals surface area contributed by atoms with Crippen molar-refractivity contribution in [3.8, 4) is 11.5 Å². The summed E-state index contributed by atoms with van der Waals surface area (Å²) in [6.45, 7) is 13.1. The lowest BCUT2D eigenvalue weighted by molar-refractivity contribution is -0.137. The second-order valence-corrected chi connectivity index (χ2v) is 25.8. The number of aliphatic carboxylic acids is 1. The number of nitrogen functional groups attached to an aromatic ring is 1. The van der Waals surface area contributed by atoms with Crippen LogP contribution in [-0.2, 0) is 19.1 Å². The molecule has 6 aliphatic rings. The molecule has 5 N–H and O–H groups in total. The number of piperidine rings is 4. The number of ether oxygens (including phenoxy) is 3. The van der Waals surface area contributed by atoms with Crippen LogP contribution in [0, 0.1) is 5.82 Å². The number of carbonyl (C=O) groups is 6. The number of Topliss-reactive ketones (excluding diaryl/α,β-unsaturated/α-hetero) is 3. The molecule has 0 unspecified atom stereocenters. The van der Waals surface area contributed by atoms with Gasteiger partial charge in [-0.1, -0.05) is 31.9 Å². The molecule has 0 bridgehead atoms. The highest BCUT2D eigenvalue weighted by Gasteiger charge is 2.32. The first-order valence-corrected chi connectivity index (χ1v) is 34.5. The van der Waals surface area contributed by atoms with Crippen molar-refractivity contribution in [2.75, 3.05) is 117 Å². The van der Waals surface area contributed by atoms with Crippen molar-refractivity contribution >= 4 is 95.5 Å². The number of fused-ring (bicyclic) bond motifs is 1. The first-order valence-electron chi connectivity index (χ1n) is 33.0. The number of hydrogen-bond acceptors (Lipinski definition) is 16. The molecule has 502 valence electrons. The number of likely N-dealkylation sites (tertiary alicyclic amines) is 1.